The minimum Gasteiger partial charge on any atom is -0.349 e. The van der Waals surface area contributed by atoms with Crippen LogP contribution in [0.3, 0.4) is 0 Å². The minimum atomic E-state index is -1.67. The van der Waals surface area contributed by atoms with E-state index in [9.17, 15) is 22.8 Å². The Hall–Kier alpha value is -3.09. The van der Waals surface area contributed by atoms with E-state index in [1.54, 1.807) is 11.0 Å². The molecule has 1 aliphatic heterocycles. The van der Waals surface area contributed by atoms with Gasteiger partial charge in [0.25, 0.3) is 5.91 Å². The second-order valence-electron chi connectivity index (χ2n) is 6.54. The van der Waals surface area contributed by atoms with Crippen LogP contribution in [-0.4, -0.2) is 35.8 Å². The molecular weight excluding hydrogens is 369 g/mol. The molecule has 4 nitrogen and oxygen atoms in total. The molecule has 1 saturated heterocycles. The molecule has 0 atom stereocenters. The number of carbonyl (C=O) groups excluding carboxylic acids is 2. The van der Waals surface area contributed by atoms with Crippen LogP contribution in [0.1, 0.15) is 28.8 Å². The zero-order valence-electron chi connectivity index (χ0n) is 15.0. The molecule has 1 aliphatic rings. The maximum atomic E-state index is 13.7. The van der Waals surface area contributed by atoms with E-state index in [1.807, 2.05) is 30.3 Å². The van der Waals surface area contributed by atoms with Crippen LogP contribution in [0, 0.1) is 17.5 Å². The fourth-order valence-corrected chi connectivity index (χ4v) is 3.05. The first-order valence-electron chi connectivity index (χ1n) is 8.92. The predicted octanol–water partition coefficient (Wildman–Crippen LogP) is 3.54. The summed E-state index contributed by atoms with van der Waals surface area (Å²) in [4.78, 5) is 26.1. The maximum absolute atomic E-state index is 13.7. The van der Waals surface area contributed by atoms with Gasteiger partial charge in [-0.05, 0) is 36.6 Å². The van der Waals surface area contributed by atoms with E-state index in [4.69, 9.17) is 0 Å². The Bertz CT molecular complexity index is 892. The molecule has 1 heterocycles. The van der Waals surface area contributed by atoms with Crippen molar-refractivity contribution in [2.75, 3.05) is 13.1 Å². The van der Waals surface area contributed by atoms with Gasteiger partial charge < -0.3 is 10.2 Å². The number of hydrogen-bond acceptors (Lipinski definition) is 2. The van der Waals surface area contributed by atoms with E-state index < -0.39 is 28.9 Å². The molecular formula is C21H19F3N2O2. The molecule has 0 aliphatic carbocycles. The van der Waals surface area contributed by atoms with Gasteiger partial charge in [-0.1, -0.05) is 30.3 Å². The van der Waals surface area contributed by atoms with E-state index in [2.05, 4.69) is 5.32 Å². The van der Waals surface area contributed by atoms with Crippen LogP contribution in [0.15, 0.2) is 48.5 Å². The van der Waals surface area contributed by atoms with Gasteiger partial charge in [-0.3, -0.25) is 9.59 Å². The Kier molecular flexibility index (Phi) is 6.13. The highest BCUT2D eigenvalue weighted by atomic mass is 19.2. The standard InChI is InChI=1S/C21H19F3N2O2/c22-17-8-7-16(19(23)20(17)24)21(28)25-15-10-12-26(13-11-15)18(27)9-6-14-4-2-1-3-5-14/h1-9,15H,10-13H2,(H,25,28)/b9-6+. The number of likely N-dealkylation sites (tertiary alicyclic amines) is 1. The van der Waals surface area contributed by atoms with Gasteiger partial charge in [0.05, 0.1) is 5.56 Å². The third-order valence-corrected chi connectivity index (χ3v) is 4.64. The van der Waals surface area contributed by atoms with Gasteiger partial charge in [-0.2, -0.15) is 0 Å². The summed E-state index contributed by atoms with van der Waals surface area (Å²) < 4.78 is 40.0. The van der Waals surface area contributed by atoms with Gasteiger partial charge >= 0.3 is 0 Å². The molecule has 1 fully saturated rings. The van der Waals surface area contributed by atoms with Gasteiger partial charge in [0, 0.05) is 25.2 Å². The molecule has 0 unspecified atom stereocenters. The van der Waals surface area contributed by atoms with Crippen molar-refractivity contribution < 1.29 is 22.8 Å². The van der Waals surface area contributed by atoms with Crippen molar-refractivity contribution in [1.82, 2.24) is 10.2 Å². The average molecular weight is 388 g/mol. The molecule has 2 aromatic carbocycles. The first kappa shape index (κ1) is 19.7. The lowest BCUT2D eigenvalue weighted by atomic mass is 10.0. The Morgan fingerprint density at radius 1 is 0.964 bits per heavy atom. The van der Waals surface area contributed by atoms with E-state index in [1.165, 1.54) is 6.08 Å². The highest BCUT2D eigenvalue weighted by Crippen LogP contribution is 2.17. The molecule has 7 heteroatoms. The molecule has 0 radical (unpaired) electrons. The van der Waals surface area contributed by atoms with Crippen LogP contribution in [-0.2, 0) is 4.79 Å². The number of nitrogens with zero attached hydrogens (tertiary/aromatic N) is 1. The monoisotopic (exact) mass is 388 g/mol. The first-order chi connectivity index (χ1) is 13.5. The predicted molar refractivity (Wildman–Crippen MR) is 98.9 cm³/mol. The maximum Gasteiger partial charge on any atom is 0.254 e. The fraction of sp³-hybridized carbons (Fsp3) is 0.238. The number of halogens is 3. The summed E-state index contributed by atoms with van der Waals surface area (Å²) in [6, 6.07) is 10.8. The van der Waals surface area contributed by atoms with Crippen molar-refractivity contribution >= 4 is 17.9 Å². The van der Waals surface area contributed by atoms with Gasteiger partial charge in [-0.15, -0.1) is 0 Å². The summed E-state index contributed by atoms with van der Waals surface area (Å²) in [7, 11) is 0. The lowest BCUT2D eigenvalue weighted by Crippen LogP contribution is -2.46. The second kappa shape index (κ2) is 8.73. The van der Waals surface area contributed by atoms with Crippen molar-refractivity contribution in [1.29, 1.82) is 0 Å². The van der Waals surface area contributed by atoms with Crippen LogP contribution >= 0.6 is 0 Å². The van der Waals surface area contributed by atoms with Crippen molar-refractivity contribution in [3.05, 3.63) is 77.1 Å². The van der Waals surface area contributed by atoms with Crippen LogP contribution in [0.25, 0.3) is 6.08 Å². The topological polar surface area (TPSA) is 49.4 Å². The summed E-state index contributed by atoms with van der Waals surface area (Å²) in [6.07, 6.45) is 4.22. The lowest BCUT2D eigenvalue weighted by molar-refractivity contribution is -0.126. The summed E-state index contributed by atoms with van der Waals surface area (Å²) in [5.74, 6) is -5.44. The smallest absolute Gasteiger partial charge is 0.254 e. The average Bonchev–Trinajstić information content (AvgIpc) is 2.71. The Morgan fingerprint density at radius 2 is 1.64 bits per heavy atom. The van der Waals surface area contributed by atoms with Gasteiger partial charge in [0.2, 0.25) is 5.91 Å². The van der Waals surface area contributed by atoms with E-state index in [0.29, 0.717) is 32.0 Å². The van der Waals surface area contributed by atoms with Crippen molar-refractivity contribution in [2.24, 2.45) is 0 Å². The van der Waals surface area contributed by atoms with Crippen molar-refractivity contribution in [2.45, 2.75) is 18.9 Å². The summed E-state index contributed by atoms with van der Waals surface area (Å²) in [5.41, 5.74) is 0.384. The Balaban J connectivity index is 1.53. The largest absolute Gasteiger partial charge is 0.349 e. The molecule has 0 spiro atoms. The van der Waals surface area contributed by atoms with Crippen molar-refractivity contribution in [3.8, 4) is 0 Å². The zero-order chi connectivity index (χ0) is 20.1. The number of nitrogens with one attached hydrogen (secondary N) is 1. The van der Waals surface area contributed by atoms with Crippen LogP contribution in [0.5, 0.6) is 0 Å². The molecule has 146 valence electrons. The van der Waals surface area contributed by atoms with E-state index in [0.717, 1.165) is 11.6 Å². The summed E-state index contributed by atoms with van der Waals surface area (Å²) in [5, 5.41) is 2.62. The molecule has 2 aromatic rings. The number of rotatable bonds is 4. The molecule has 0 bridgehead atoms. The quantitative estimate of drug-likeness (QED) is 0.644. The Labute approximate surface area is 160 Å². The third-order valence-electron chi connectivity index (χ3n) is 4.64. The number of amides is 2. The second-order valence-corrected chi connectivity index (χ2v) is 6.54. The number of piperidine rings is 1. The first-order valence-corrected chi connectivity index (χ1v) is 8.92. The minimum absolute atomic E-state index is 0.125. The molecule has 2 amide bonds. The van der Waals surface area contributed by atoms with Gasteiger partial charge in [0.1, 0.15) is 0 Å². The van der Waals surface area contributed by atoms with Crippen LogP contribution in [0.4, 0.5) is 13.2 Å². The number of carbonyl (C=O) groups is 2. The third kappa shape index (κ3) is 4.60. The molecule has 3 rings (SSSR count). The Morgan fingerprint density at radius 3 is 2.32 bits per heavy atom. The number of benzene rings is 2. The summed E-state index contributed by atoms with van der Waals surface area (Å²) in [6.45, 7) is 0.867. The lowest BCUT2D eigenvalue weighted by Gasteiger charge is -2.31. The van der Waals surface area contributed by atoms with E-state index in [-0.39, 0.29) is 11.9 Å². The van der Waals surface area contributed by atoms with Crippen molar-refractivity contribution in [3.63, 3.8) is 0 Å². The summed E-state index contributed by atoms with van der Waals surface area (Å²) >= 11 is 0. The van der Waals surface area contributed by atoms with Gasteiger partial charge in [0.15, 0.2) is 17.5 Å². The number of hydrogen-bond donors (Lipinski definition) is 1. The zero-order valence-corrected chi connectivity index (χ0v) is 15.0. The molecule has 0 aromatic heterocycles. The normalized spacial score (nSPS) is 15.0. The highest BCUT2D eigenvalue weighted by Gasteiger charge is 2.25. The highest BCUT2D eigenvalue weighted by molar-refractivity contribution is 5.95. The molecule has 1 N–H and O–H groups in total. The molecule has 0 saturated carbocycles. The fourth-order valence-electron chi connectivity index (χ4n) is 3.05. The molecule has 28 heavy (non-hydrogen) atoms. The van der Waals surface area contributed by atoms with Gasteiger partial charge in [-0.25, -0.2) is 13.2 Å². The van der Waals surface area contributed by atoms with Crippen LogP contribution in [0.2, 0.25) is 0 Å². The van der Waals surface area contributed by atoms with E-state index >= 15 is 0 Å². The SMILES string of the molecule is O=C(NC1CCN(C(=O)/C=C/c2ccccc2)CC1)c1ccc(F)c(F)c1F. The van der Waals surface area contributed by atoms with Crippen LogP contribution < -0.4 is 5.32 Å².